The van der Waals surface area contributed by atoms with Crippen LogP contribution >= 0.6 is 7.44 Å². The van der Waals surface area contributed by atoms with Gasteiger partial charge >= 0.3 is 0 Å². The fraction of sp³-hybridized carbons (Fsp3) is 0.192. The molecular formula is C26H26N3OP. The highest BCUT2D eigenvalue weighted by Crippen LogP contribution is 2.63. The standard InChI is InChI=1S/C26H26N3OP/c27-20-19-26(18-17-23-11-4-1-5-12-23)31(30)28(24-13-6-2-7-14-24)21-10-22-29(31)25-15-8-3-9-16-25/h1-9,11-18,26H,10,19,21-22H2/b18-17+. The lowest BCUT2D eigenvalue weighted by atomic mass is 10.2. The monoisotopic (exact) mass is 427 g/mol. The summed E-state index contributed by atoms with van der Waals surface area (Å²) in [7, 11) is -3.18. The fourth-order valence-corrected chi connectivity index (χ4v) is 7.50. The van der Waals surface area contributed by atoms with E-state index in [1.807, 2.05) is 112 Å². The Morgan fingerprint density at radius 1 is 0.839 bits per heavy atom. The maximum atomic E-state index is 15.1. The van der Waals surface area contributed by atoms with E-state index in [2.05, 4.69) is 6.07 Å². The third-order valence-electron chi connectivity index (χ3n) is 5.58. The Morgan fingerprint density at radius 2 is 1.32 bits per heavy atom. The lowest BCUT2D eigenvalue weighted by molar-refractivity contribution is 0.552. The first-order valence-corrected chi connectivity index (χ1v) is 12.3. The molecule has 0 aliphatic carbocycles. The number of hydrogen-bond acceptors (Lipinski definition) is 2. The second-order valence-corrected chi connectivity index (χ2v) is 10.4. The fourth-order valence-electron chi connectivity index (χ4n) is 4.11. The number of rotatable bonds is 6. The number of para-hydroxylation sites is 2. The second-order valence-electron chi connectivity index (χ2n) is 7.56. The molecule has 156 valence electrons. The second kappa shape index (κ2) is 9.69. The summed E-state index contributed by atoms with van der Waals surface area (Å²) in [5, 5.41) is 9.65. The molecule has 0 bridgehead atoms. The number of benzene rings is 3. The lowest BCUT2D eigenvalue weighted by Gasteiger charge is -2.48. The molecular weight excluding hydrogens is 401 g/mol. The van der Waals surface area contributed by atoms with E-state index in [0.717, 1.165) is 23.4 Å². The van der Waals surface area contributed by atoms with Crippen molar-refractivity contribution in [3.8, 4) is 6.07 Å². The van der Waals surface area contributed by atoms with Crippen molar-refractivity contribution in [1.82, 2.24) is 0 Å². The third-order valence-corrected chi connectivity index (χ3v) is 9.05. The molecule has 0 radical (unpaired) electrons. The molecule has 0 amide bonds. The molecule has 1 aliphatic heterocycles. The molecule has 0 N–H and O–H groups in total. The highest BCUT2D eigenvalue weighted by atomic mass is 31.2. The minimum Gasteiger partial charge on any atom is -0.306 e. The minimum absolute atomic E-state index is 0.188. The van der Waals surface area contributed by atoms with Gasteiger partial charge < -0.3 is 9.34 Å². The zero-order valence-corrected chi connectivity index (χ0v) is 18.3. The highest BCUT2D eigenvalue weighted by molar-refractivity contribution is 7.68. The van der Waals surface area contributed by atoms with Crippen LogP contribution in [0.15, 0.2) is 97.1 Å². The summed E-state index contributed by atoms with van der Waals surface area (Å²) in [6.45, 7) is 1.40. The van der Waals surface area contributed by atoms with Gasteiger partial charge in [0.25, 0.3) is 7.44 Å². The Bertz CT molecular complexity index is 1040. The molecule has 0 saturated carbocycles. The van der Waals surface area contributed by atoms with E-state index < -0.39 is 13.1 Å². The van der Waals surface area contributed by atoms with Crippen molar-refractivity contribution in [1.29, 1.82) is 5.26 Å². The average Bonchev–Trinajstić information content (AvgIpc) is 2.83. The summed E-state index contributed by atoms with van der Waals surface area (Å²) in [5.41, 5.74) is 2.48. The molecule has 1 aliphatic rings. The van der Waals surface area contributed by atoms with Gasteiger partial charge in [0.2, 0.25) is 0 Å². The van der Waals surface area contributed by atoms with Crippen LogP contribution in [0.1, 0.15) is 18.4 Å². The quantitative estimate of drug-likeness (QED) is 0.416. The van der Waals surface area contributed by atoms with Gasteiger partial charge in [-0.25, -0.2) is 0 Å². The largest absolute Gasteiger partial charge is 0.306 e. The Balaban J connectivity index is 1.82. The predicted octanol–water partition coefficient (Wildman–Crippen LogP) is 6.59. The summed E-state index contributed by atoms with van der Waals surface area (Å²) in [6.07, 6.45) is 5.04. The van der Waals surface area contributed by atoms with Gasteiger partial charge in [0, 0.05) is 24.5 Å². The van der Waals surface area contributed by atoms with Crippen LogP contribution in [-0.2, 0) is 4.57 Å². The molecule has 1 heterocycles. The highest BCUT2D eigenvalue weighted by Gasteiger charge is 2.46. The summed E-state index contributed by atoms with van der Waals surface area (Å²) in [4.78, 5) is 0. The molecule has 3 aromatic rings. The zero-order valence-electron chi connectivity index (χ0n) is 17.4. The first kappa shape index (κ1) is 21.0. The third kappa shape index (κ3) is 4.43. The number of anilines is 2. The van der Waals surface area contributed by atoms with Crippen molar-refractivity contribution in [2.45, 2.75) is 18.5 Å². The molecule has 4 rings (SSSR count). The molecule has 31 heavy (non-hydrogen) atoms. The van der Waals surface area contributed by atoms with Crippen LogP contribution in [0.25, 0.3) is 6.08 Å². The Hall–Kier alpha value is -3.28. The summed E-state index contributed by atoms with van der Waals surface area (Å²) in [6, 6.07) is 32.1. The zero-order chi connectivity index (χ0) is 21.5. The van der Waals surface area contributed by atoms with Gasteiger partial charge in [0.05, 0.1) is 18.1 Å². The van der Waals surface area contributed by atoms with E-state index in [9.17, 15) is 5.26 Å². The van der Waals surface area contributed by atoms with E-state index >= 15 is 4.57 Å². The number of allylic oxidation sites excluding steroid dienone is 1. The maximum Gasteiger partial charge on any atom is 0.270 e. The molecule has 0 aromatic heterocycles. The molecule has 1 atom stereocenters. The van der Waals surface area contributed by atoms with E-state index in [0.29, 0.717) is 13.1 Å². The van der Waals surface area contributed by atoms with Gasteiger partial charge in [0.1, 0.15) is 0 Å². The van der Waals surface area contributed by atoms with Crippen LogP contribution in [0, 0.1) is 11.3 Å². The summed E-state index contributed by atoms with van der Waals surface area (Å²) < 4.78 is 19.1. The summed E-state index contributed by atoms with van der Waals surface area (Å²) in [5.74, 6) is 0. The normalized spacial score (nSPS) is 16.7. The topological polar surface area (TPSA) is 47.3 Å². The van der Waals surface area contributed by atoms with E-state index in [1.54, 1.807) is 0 Å². The smallest absolute Gasteiger partial charge is 0.270 e. The van der Waals surface area contributed by atoms with Gasteiger partial charge in [-0.15, -0.1) is 0 Å². The van der Waals surface area contributed by atoms with Crippen LogP contribution in [0.3, 0.4) is 0 Å². The van der Waals surface area contributed by atoms with Gasteiger partial charge in [-0.3, -0.25) is 4.57 Å². The first-order valence-electron chi connectivity index (χ1n) is 10.6. The van der Waals surface area contributed by atoms with Crippen molar-refractivity contribution in [2.75, 3.05) is 22.4 Å². The Labute approximate surface area is 184 Å². The van der Waals surface area contributed by atoms with Gasteiger partial charge in [-0.1, -0.05) is 78.9 Å². The number of nitriles is 1. The van der Waals surface area contributed by atoms with Crippen molar-refractivity contribution in [3.63, 3.8) is 0 Å². The maximum absolute atomic E-state index is 15.1. The van der Waals surface area contributed by atoms with Crippen LogP contribution in [-0.4, -0.2) is 18.7 Å². The van der Waals surface area contributed by atoms with E-state index in [1.165, 1.54) is 0 Å². The molecule has 3 aromatic carbocycles. The SMILES string of the molecule is N#CCC(/C=C/c1ccccc1)P1(=O)N(c2ccccc2)CCCN1c1ccccc1. The van der Waals surface area contributed by atoms with E-state index in [-0.39, 0.29) is 6.42 Å². The van der Waals surface area contributed by atoms with Crippen LogP contribution in [0.2, 0.25) is 0 Å². The number of nitrogens with zero attached hydrogens (tertiary/aromatic N) is 3. The summed E-state index contributed by atoms with van der Waals surface area (Å²) >= 11 is 0. The molecule has 4 nitrogen and oxygen atoms in total. The van der Waals surface area contributed by atoms with Gasteiger partial charge in [0.15, 0.2) is 0 Å². The van der Waals surface area contributed by atoms with Crippen molar-refractivity contribution >= 4 is 24.9 Å². The molecule has 1 saturated heterocycles. The van der Waals surface area contributed by atoms with Gasteiger partial charge in [-0.2, -0.15) is 5.26 Å². The Kier molecular flexibility index (Phi) is 6.55. The average molecular weight is 427 g/mol. The predicted molar refractivity (Wildman–Crippen MR) is 129 cm³/mol. The minimum atomic E-state index is -3.18. The lowest BCUT2D eigenvalue weighted by Crippen LogP contribution is -2.43. The molecule has 1 fully saturated rings. The van der Waals surface area contributed by atoms with Crippen molar-refractivity contribution in [3.05, 3.63) is 103 Å². The first-order chi connectivity index (χ1) is 15.2. The van der Waals surface area contributed by atoms with Crippen LogP contribution < -0.4 is 9.34 Å². The van der Waals surface area contributed by atoms with Crippen molar-refractivity contribution < 1.29 is 4.57 Å². The number of hydrogen-bond donors (Lipinski definition) is 0. The van der Waals surface area contributed by atoms with Crippen LogP contribution in [0.4, 0.5) is 11.4 Å². The van der Waals surface area contributed by atoms with Crippen LogP contribution in [0.5, 0.6) is 0 Å². The molecule has 1 unspecified atom stereocenters. The van der Waals surface area contributed by atoms with Gasteiger partial charge in [-0.05, 0) is 36.2 Å². The van der Waals surface area contributed by atoms with E-state index in [4.69, 9.17) is 0 Å². The molecule has 0 spiro atoms. The molecule has 5 heteroatoms. The Morgan fingerprint density at radius 3 is 1.81 bits per heavy atom. The van der Waals surface area contributed by atoms with Crippen molar-refractivity contribution in [2.24, 2.45) is 0 Å².